The zero-order valence-corrected chi connectivity index (χ0v) is 22.7. The molecule has 192 valence electrons. The molecular weight excluding hydrogens is 458 g/mol. The lowest BCUT2D eigenvalue weighted by Crippen LogP contribution is -2.45. The molecule has 6 heteroatoms. The minimum Gasteiger partial charge on any atom is -0.373 e. The molecule has 1 aliphatic rings. The number of ether oxygens (including phenoxy) is 1. The summed E-state index contributed by atoms with van der Waals surface area (Å²) in [4.78, 5) is 17.0. The van der Waals surface area contributed by atoms with E-state index >= 15 is 0 Å². The zero-order valence-electron chi connectivity index (χ0n) is 22.7. The van der Waals surface area contributed by atoms with E-state index in [-0.39, 0.29) is 17.6 Å². The Kier molecular flexibility index (Phi) is 6.97. The molecule has 1 saturated heterocycles. The number of morpholine rings is 1. The Balaban J connectivity index is 1.54. The molecule has 6 nitrogen and oxygen atoms in total. The first kappa shape index (κ1) is 25.3. The number of nitrogens with zero attached hydrogens (tertiary/aromatic N) is 4. The first-order chi connectivity index (χ1) is 17.7. The van der Waals surface area contributed by atoms with Crippen LogP contribution in [0.1, 0.15) is 51.6 Å². The van der Waals surface area contributed by atoms with Crippen molar-refractivity contribution in [2.75, 3.05) is 18.4 Å². The highest BCUT2D eigenvalue weighted by Crippen LogP contribution is 2.30. The van der Waals surface area contributed by atoms with Crippen LogP contribution in [-0.4, -0.2) is 45.1 Å². The second-order valence-corrected chi connectivity index (χ2v) is 11.3. The van der Waals surface area contributed by atoms with Crippen molar-refractivity contribution in [2.24, 2.45) is 0 Å². The Labute approximate surface area is 220 Å². The van der Waals surface area contributed by atoms with Crippen molar-refractivity contribution in [1.82, 2.24) is 19.9 Å². The standard InChI is InChI=1S/C31H37N5O/c1-20-8-7-15-32-29(20)23-9-14-26-27(16-23)34-28(19-36-17-21(2)37-22(3)18-36)35-30(26)33-25-12-10-24(11-13-25)31(4,5)6/h7-16,21-22H,17-19H2,1-6H3,(H,33,34,35)/t21-,22+. The number of nitrogens with one attached hydrogen (secondary N) is 1. The molecule has 2 aromatic heterocycles. The molecule has 0 spiro atoms. The van der Waals surface area contributed by atoms with Gasteiger partial charge in [-0.3, -0.25) is 9.88 Å². The lowest BCUT2D eigenvalue weighted by Gasteiger charge is -2.34. The van der Waals surface area contributed by atoms with Gasteiger partial charge in [-0.25, -0.2) is 9.97 Å². The highest BCUT2D eigenvalue weighted by Gasteiger charge is 2.23. The van der Waals surface area contributed by atoms with E-state index in [1.165, 1.54) is 5.56 Å². The molecule has 1 aliphatic heterocycles. The highest BCUT2D eigenvalue weighted by molar-refractivity contribution is 5.93. The summed E-state index contributed by atoms with van der Waals surface area (Å²) in [5.74, 6) is 1.62. The maximum atomic E-state index is 5.93. The number of aryl methyl sites for hydroxylation is 1. The van der Waals surface area contributed by atoms with Crippen molar-refractivity contribution in [3.8, 4) is 11.3 Å². The maximum Gasteiger partial charge on any atom is 0.145 e. The number of pyridine rings is 1. The SMILES string of the molecule is Cc1cccnc1-c1ccc2c(Nc3ccc(C(C)(C)C)cc3)nc(CN3C[C@@H](C)O[C@@H](C)C3)nc2c1. The van der Waals surface area contributed by atoms with Gasteiger partial charge in [0.2, 0.25) is 0 Å². The Morgan fingerprint density at radius 3 is 2.38 bits per heavy atom. The number of hydrogen-bond donors (Lipinski definition) is 1. The number of fused-ring (bicyclic) bond motifs is 1. The number of aromatic nitrogens is 3. The van der Waals surface area contributed by atoms with Crippen LogP contribution in [0.4, 0.5) is 11.5 Å². The molecule has 0 amide bonds. The van der Waals surface area contributed by atoms with Crippen molar-refractivity contribution < 1.29 is 4.74 Å². The van der Waals surface area contributed by atoms with Crippen LogP contribution in [-0.2, 0) is 16.7 Å². The van der Waals surface area contributed by atoms with Gasteiger partial charge in [0, 0.05) is 35.9 Å². The predicted molar refractivity (Wildman–Crippen MR) is 151 cm³/mol. The fourth-order valence-electron chi connectivity index (χ4n) is 5.08. The molecule has 1 N–H and O–H groups in total. The smallest absolute Gasteiger partial charge is 0.145 e. The van der Waals surface area contributed by atoms with E-state index in [9.17, 15) is 0 Å². The van der Waals surface area contributed by atoms with E-state index in [1.54, 1.807) is 0 Å². The number of anilines is 2. The summed E-state index contributed by atoms with van der Waals surface area (Å²) in [5.41, 5.74) is 6.52. The van der Waals surface area contributed by atoms with E-state index in [0.717, 1.165) is 58.1 Å². The Bertz CT molecular complexity index is 1380. The average molecular weight is 496 g/mol. The molecule has 0 saturated carbocycles. The molecule has 2 atom stereocenters. The van der Waals surface area contributed by atoms with Crippen LogP contribution >= 0.6 is 0 Å². The van der Waals surface area contributed by atoms with Gasteiger partial charge in [-0.15, -0.1) is 0 Å². The van der Waals surface area contributed by atoms with Crippen molar-refractivity contribution in [3.63, 3.8) is 0 Å². The summed E-state index contributed by atoms with van der Waals surface area (Å²) in [7, 11) is 0. The maximum absolute atomic E-state index is 5.93. The summed E-state index contributed by atoms with van der Waals surface area (Å²) >= 11 is 0. The lowest BCUT2D eigenvalue weighted by molar-refractivity contribution is -0.0710. The average Bonchev–Trinajstić information content (AvgIpc) is 2.83. The van der Waals surface area contributed by atoms with Gasteiger partial charge < -0.3 is 10.1 Å². The largest absolute Gasteiger partial charge is 0.373 e. The van der Waals surface area contributed by atoms with Crippen LogP contribution in [0.25, 0.3) is 22.2 Å². The number of rotatable bonds is 5. The monoisotopic (exact) mass is 495 g/mol. The third-order valence-corrected chi connectivity index (χ3v) is 6.90. The van der Waals surface area contributed by atoms with Crippen molar-refractivity contribution in [1.29, 1.82) is 0 Å². The normalized spacial score (nSPS) is 18.8. The second kappa shape index (κ2) is 10.2. The lowest BCUT2D eigenvalue weighted by atomic mass is 9.87. The Morgan fingerprint density at radius 1 is 0.973 bits per heavy atom. The summed E-state index contributed by atoms with van der Waals surface area (Å²) in [6.45, 7) is 15.5. The molecule has 0 bridgehead atoms. The van der Waals surface area contributed by atoms with Gasteiger partial charge in [0.25, 0.3) is 0 Å². The van der Waals surface area contributed by atoms with Gasteiger partial charge in [-0.05, 0) is 67.6 Å². The Hall–Kier alpha value is -3.35. The van der Waals surface area contributed by atoms with E-state index in [2.05, 4.69) is 105 Å². The molecular formula is C31H37N5O. The quantitative estimate of drug-likeness (QED) is 0.334. The summed E-state index contributed by atoms with van der Waals surface area (Å²) in [6.07, 6.45) is 2.23. The topological polar surface area (TPSA) is 63.2 Å². The Morgan fingerprint density at radius 2 is 1.70 bits per heavy atom. The van der Waals surface area contributed by atoms with Gasteiger partial charge in [0.1, 0.15) is 11.6 Å². The fourth-order valence-corrected chi connectivity index (χ4v) is 5.08. The summed E-state index contributed by atoms with van der Waals surface area (Å²) in [5, 5.41) is 4.57. The van der Waals surface area contributed by atoms with Crippen molar-refractivity contribution in [2.45, 2.75) is 65.7 Å². The zero-order chi connectivity index (χ0) is 26.2. The fraction of sp³-hybridized carbons (Fsp3) is 0.387. The summed E-state index contributed by atoms with van der Waals surface area (Å²) < 4.78 is 5.93. The van der Waals surface area contributed by atoms with Crippen LogP contribution in [0.15, 0.2) is 60.8 Å². The minimum atomic E-state index is 0.111. The van der Waals surface area contributed by atoms with Crippen molar-refractivity contribution in [3.05, 3.63) is 77.7 Å². The number of benzene rings is 2. The molecule has 0 radical (unpaired) electrons. The van der Waals surface area contributed by atoms with E-state index in [0.29, 0.717) is 6.54 Å². The predicted octanol–water partition coefficient (Wildman–Crippen LogP) is 6.65. The van der Waals surface area contributed by atoms with Crippen molar-refractivity contribution >= 4 is 22.4 Å². The van der Waals surface area contributed by atoms with Crippen LogP contribution in [0, 0.1) is 6.92 Å². The van der Waals surface area contributed by atoms with Gasteiger partial charge in [0.15, 0.2) is 0 Å². The van der Waals surface area contributed by atoms with E-state index in [1.807, 2.05) is 12.3 Å². The summed E-state index contributed by atoms with van der Waals surface area (Å²) in [6, 6.07) is 19.0. The first-order valence-corrected chi connectivity index (χ1v) is 13.1. The van der Waals surface area contributed by atoms with Crippen LogP contribution in [0.3, 0.4) is 0 Å². The van der Waals surface area contributed by atoms with Gasteiger partial charge >= 0.3 is 0 Å². The molecule has 4 aromatic rings. The number of hydrogen-bond acceptors (Lipinski definition) is 6. The second-order valence-electron chi connectivity index (χ2n) is 11.3. The van der Waals surface area contributed by atoms with Crippen LogP contribution < -0.4 is 5.32 Å². The van der Waals surface area contributed by atoms with Gasteiger partial charge in [-0.2, -0.15) is 0 Å². The van der Waals surface area contributed by atoms with Gasteiger partial charge in [-0.1, -0.05) is 45.0 Å². The molecule has 37 heavy (non-hydrogen) atoms. The molecule has 0 aliphatic carbocycles. The van der Waals surface area contributed by atoms with Gasteiger partial charge in [0.05, 0.1) is 30.0 Å². The van der Waals surface area contributed by atoms with E-state index in [4.69, 9.17) is 14.7 Å². The van der Waals surface area contributed by atoms with Crippen LogP contribution in [0.2, 0.25) is 0 Å². The molecule has 1 fully saturated rings. The molecule has 5 rings (SSSR count). The van der Waals surface area contributed by atoms with E-state index < -0.39 is 0 Å². The third-order valence-electron chi connectivity index (χ3n) is 6.90. The molecule has 2 aromatic carbocycles. The molecule has 0 unspecified atom stereocenters. The molecule has 3 heterocycles. The third kappa shape index (κ3) is 5.81. The highest BCUT2D eigenvalue weighted by atomic mass is 16.5. The van der Waals surface area contributed by atoms with Crippen LogP contribution in [0.5, 0.6) is 0 Å². The minimum absolute atomic E-state index is 0.111. The first-order valence-electron chi connectivity index (χ1n) is 13.1.